The molecule has 3 aromatic rings. The molecule has 0 aliphatic rings. The van der Waals surface area contributed by atoms with Gasteiger partial charge in [0.05, 0.1) is 7.11 Å². The van der Waals surface area contributed by atoms with Gasteiger partial charge >= 0.3 is 0 Å². The molecule has 3 aromatic carbocycles. The number of halogens is 1. The van der Waals surface area contributed by atoms with Crippen LogP contribution in [0.4, 0.5) is 0 Å². The van der Waals surface area contributed by atoms with Crippen molar-refractivity contribution in [2.45, 2.75) is 13.5 Å². The van der Waals surface area contributed by atoms with Crippen molar-refractivity contribution in [3.05, 3.63) is 100 Å². The fourth-order valence-electron chi connectivity index (χ4n) is 2.72. The standard InChI is InChI=1S/C24H21ClO3/c1-17-6-10-19(11-7-17)23(26)12-8-18-9-13-24(27-2)20(14-18)16-28-22-5-3-4-21(25)15-22/h3-15H,16H2,1-2H3/b12-8+. The molecular weight excluding hydrogens is 372 g/mol. The second-order valence-corrected chi connectivity index (χ2v) is 6.82. The lowest BCUT2D eigenvalue weighted by Gasteiger charge is -2.11. The van der Waals surface area contributed by atoms with Gasteiger partial charge in [0.15, 0.2) is 5.78 Å². The number of rotatable bonds is 7. The molecule has 142 valence electrons. The van der Waals surface area contributed by atoms with Crippen molar-refractivity contribution in [3.63, 3.8) is 0 Å². The fourth-order valence-corrected chi connectivity index (χ4v) is 2.90. The monoisotopic (exact) mass is 392 g/mol. The molecule has 0 saturated carbocycles. The molecule has 0 heterocycles. The molecular formula is C24H21ClO3. The Morgan fingerprint density at radius 1 is 1.04 bits per heavy atom. The molecule has 0 unspecified atom stereocenters. The van der Waals surface area contributed by atoms with E-state index in [9.17, 15) is 4.79 Å². The molecule has 28 heavy (non-hydrogen) atoms. The zero-order chi connectivity index (χ0) is 19.9. The Kier molecular flexibility index (Phi) is 6.51. The molecule has 4 heteroatoms. The number of hydrogen-bond donors (Lipinski definition) is 0. The number of carbonyl (C=O) groups is 1. The van der Waals surface area contributed by atoms with Crippen LogP contribution in [-0.2, 0) is 6.61 Å². The summed E-state index contributed by atoms with van der Waals surface area (Å²) in [5, 5.41) is 0.621. The first-order chi connectivity index (χ1) is 13.5. The predicted molar refractivity (Wildman–Crippen MR) is 113 cm³/mol. The number of hydrogen-bond acceptors (Lipinski definition) is 3. The highest BCUT2D eigenvalue weighted by molar-refractivity contribution is 6.30. The minimum absolute atomic E-state index is 0.0347. The Labute approximate surface area is 170 Å². The summed E-state index contributed by atoms with van der Waals surface area (Å²) < 4.78 is 11.2. The lowest BCUT2D eigenvalue weighted by Crippen LogP contribution is -1.99. The highest BCUT2D eigenvalue weighted by atomic mass is 35.5. The highest BCUT2D eigenvalue weighted by Gasteiger charge is 2.06. The number of methoxy groups -OCH3 is 1. The van der Waals surface area contributed by atoms with Crippen LogP contribution in [0.2, 0.25) is 5.02 Å². The summed E-state index contributed by atoms with van der Waals surface area (Å²) in [6.07, 6.45) is 3.37. The fraction of sp³-hybridized carbons (Fsp3) is 0.125. The van der Waals surface area contributed by atoms with Crippen LogP contribution in [0.25, 0.3) is 6.08 Å². The van der Waals surface area contributed by atoms with Crippen molar-refractivity contribution in [3.8, 4) is 11.5 Å². The van der Waals surface area contributed by atoms with Crippen LogP contribution in [0.15, 0.2) is 72.8 Å². The van der Waals surface area contributed by atoms with Gasteiger partial charge < -0.3 is 9.47 Å². The largest absolute Gasteiger partial charge is 0.496 e. The second-order valence-electron chi connectivity index (χ2n) is 6.38. The van der Waals surface area contributed by atoms with Crippen molar-refractivity contribution in [2.24, 2.45) is 0 Å². The summed E-state index contributed by atoms with van der Waals surface area (Å²) in [4.78, 5) is 12.3. The Hall–Kier alpha value is -3.04. The minimum atomic E-state index is -0.0347. The minimum Gasteiger partial charge on any atom is -0.496 e. The summed E-state index contributed by atoms with van der Waals surface area (Å²) in [7, 11) is 1.62. The quantitative estimate of drug-likeness (QED) is 0.358. The summed E-state index contributed by atoms with van der Waals surface area (Å²) in [6, 6.07) is 20.5. The van der Waals surface area contributed by atoms with E-state index in [1.54, 1.807) is 31.4 Å². The summed E-state index contributed by atoms with van der Waals surface area (Å²) in [6.45, 7) is 2.32. The number of benzene rings is 3. The van der Waals surface area contributed by atoms with Gasteiger partial charge in [0.25, 0.3) is 0 Å². The van der Waals surface area contributed by atoms with E-state index in [0.29, 0.717) is 22.9 Å². The average Bonchev–Trinajstić information content (AvgIpc) is 2.71. The molecule has 0 fully saturated rings. The smallest absolute Gasteiger partial charge is 0.185 e. The second kappa shape index (κ2) is 9.25. The van der Waals surface area contributed by atoms with E-state index in [-0.39, 0.29) is 5.78 Å². The van der Waals surface area contributed by atoms with Gasteiger partial charge in [0.2, 0.25) is 0 Å². The van der Waals surface area contributed by atoms with Crippen LogP contribution in [0.5, 0.6) is 11.5 Å². The van der Waals surface area contributed by atoms with E-state index in [0.717, 1.165) is 22.4 Å². The van der Waals surface area contributed by atoms with E-state index in [2.05, 4.69) is 0 Å². The van der Waals surface area contributed by atoms with E-state index in [1.165, 1.54) is 0 Å². The zero-order valence-corrected chi connectivity index (χ0v) is 16.6. The Morgan fingerprint density at radius 3 is 2.54 bits per heavy atom. The number of aryl methyl sites for hydroxylation is 1. The molecule has 0 N–H and O–H groups in total. The van der Waals surface area contributed by atoms with Gasteiger partial charge in [0, 0.05) is 16.1 Å². The van der Waals surface area contributed by atoms with Gasteiger partial charge in [-0.15, -0.1) is 0 Å². The van der Waals surface area contributed by atoms with Gasteiger partial charge in [-0.3, -0.25) is 4.79 Å². The predicted octanol–water partition coefficient (Wildman–Crippen LogP) is 6.13. The van der Waals surface area contributed by atoms with Gasteiger partial charge in [-0.25, -0.2) is 0 Å². The molecule has 0 bridgehead atoms. The maximum atomic E-state index is 12.3. The van der Waals surface area contributed by atoms with Crippen molar-refractivity contribution in [1.29, 1.82) is 0 Å². The molecule has 0 atom stereocenters. The van der Waals surface area contributed by atoms with Crippen molar-refractivity contribution in [1.82, 2.24) is 0 Å². The Morgan fingerprint density at radius 2 is 1.82 bits per heavy atom. The first-order valence-electron chi connectivity index (χ1n) is 8.89. The van der Waals surface area contributed by atoms with Crippen LogP contribution in [0.1, 0.15) is 27.0 Å². The summed E-state index contributed by atoms with van der Waals surface area (Å²) in [5.74, 6) is 1.38. The number of allylic oxidation sites excluding steroid dienone is 1. The lowest BCUT2D eigenvalue weighted by molar-refractivity contribution is 0.104. The molecule has 0 amide bonds. The third kappa shape index (κ3) is 5.24. The van der Waals surface area contributed by atoms with Crippen molar-refractivity contribution >= 4 is 23.5 Å². The van der Waals surface area contributed by atoms with Crippen molar-refractivity contribution in [2.75, 3.05) is 7.11 Å². The molecule has 0 aliphatic carbocycles. The summed E-state index contributed by atoms with van der Waals surface area (Å²) >= 11 is 5.99. The molecule has 3 nitrogen and oxygen atoms in total. The first kappa shape index (κ1) is 19.7. The van der Waals surface area contributed by atoms with Gasteiger partial charge in [-0.1, -0.05) is 59.6 Å². The van der Waals surface area contributed by atoms with Gasteiger partial charge in [-0.05, 0) is 48.9 Å². The maximum Gasteiger partial charge on any atom is 0.185 e. The van der Waals surface area contributed by atoms with Crippen LogP contribution in [0, 0.1) is 6.92 Å². The first-order valence-corrected chi connectivity index (χ1v) is 9.27. The Balaban J connectivity index is 1.74. The molecule has 0 aliphatic heterocycles. The van der Waals surface area contributed by atoms with E-state index in [1.807, 2.05) is 61.5 Å². The maximum absolute atomic E-state index is 12.3. The number of ether oxygens (including phenoxy) is 2. The highest BCUT2D eigenvalue weighted by Crippen LogP contribution is 2.24. The zero-order valence-electron chi connectivity index (χ0n) is 15.8. The van der Waals surface area contributed by atoms with E-state index in [4.69, 9.17) is 21.1 Å². The van der Waals surface area contributed by atoms with Crippen LogP contribution >= 0.6 is 11.6 Å². The van der Waals surface area contributed by atoms with E-state index < -0.39 is 0 Å². The number of carbonyl (C=O) groups excluding carboxylic acids is 1. The normalized spacial score (nSPS) is 10.8. The molecule has 3 rings (SSSR count). The third-order valence-corrected chi connectivity index (χ3v) is 4.49. The lowest BCUT2D eigenvalue weighted by atomic mass is 10.1. The SMILES string of the molecule is COc1ccc(/C=C/C(=O)c2ccc(C)cc2)cc1COc1cccc(Cl)c1. The topological polar surface area (TPSA) is 35.5 Å². The van der Waals surface area contributed by atoms with Crippen LogP contribution < -0.4 is 9.47 Å². The van der Waals surface area contributed by atoms with Crippen LogP contribution in [-0.4, -0.2) is 12.9 Å². The summed E-state index contributed by atoms with van der Waals surface area (Å²) in [5.41, 5.74) is 3.57. The van der Waals surface area contributed by atoms with Crippen LogP contribution in [0.3, 0.4) is 0 Å². The molecule has 0 radical (unpaired) electrons. The third-order valence-electron chi connectivity index (χ3n) is 4.26. The van der Waals surface area contributed by atoms with Gasteiger partial charge in [0.1, 0.15) is 18.1 Å². The molecule has 0 saturated heterocycles. The van der Waals surface area contributed by atoms with Gasteiger partial charge in [-0.2, -0.15) is 0 Å². The Bertz CT molecular complexity index is 991. The average molecular weight is 393 g/mol. The van der Waals surface area contributed by atoms with Crippen molar-refractivity contribution < 1.29 is 14.3 Å². The molecule has 0 aromatic heterocycles. The number of ketones is 1. The van der Waals surface area contributed by atoms with E-state index >= 15 is 0 Å². The molecule has 0 spiro atoms.